The van der Waals surface area contributed by atoms with Gasteiger partial charge >= 0.3 is 11.9 Å². The van der Waals surface area contributed by atoms with Gasteiger partial charge in [0.1, 0.15) is 19.8 Å². The van der Waals surface area contributed by atoms with Crippen LogP contribution in [0.25, 0.3) is 0 Å². The van der Waals surface area contributed by atoms with Crippen LogP contribution in [0.2, 0.25) is 0 Å². The molecule has 0 aromatic rings. The lowest BCUT2D eigenvalue weighted by molar-refractivity contribution is -0.870. The van der Waals surface area contributed by atoms with Crippen LogP contribution in [0, 0.1) is 0 Å². The Morgan fingerprint density at radius 1 is 0.413 bits per heavy atom. The van der Waals surface area contributed by atoms with Gasteiger partial charge in [-0.3, -0.25) is 14.2 Å². The summed E-state index contributed by atoms with van der Waals surface area (Å²) in [6, 6.07) is 0. The van der Waals surface area contributed by atoms with E-state index in [0.717, 1.165) is 38.5 Å². The van der Waals surface area contributed by atoms with E-state index in [1.807, 2.05) is 21.1 Å². The number of nitrogens with zero attached hydrogens (tertiary/aromatic N) is 1. The third-order valence-corrected chi connectivity index (χ3v) is 15.7. The van der Waals surface area contributed by atoms with Gasteiger partial charge in [0.05, 0.1) is 27.7 Å². The summed E-state index contributed by atoms with van der Waals surface area (Å²) in [5.74, 6) is -0.811. The van der Waals surface area contributed by atoms with E-state index in [0.29, 0.717) is 17.4 Å². The van der Waals surface area contributed by atoms with E-state index < -0.39 is 26.5 Å². The number of carbonyl (C=O) groups excluding carboxylic acids is 2. The minimum absolute atomic E-state index is 0.0267. The van der Waals surface area contributed by atoms with Crippen molar-refractivity contribution < 1.29 is 42.1 Å². The van der Waals surface area contributed by atoms with Gasteiger partial charge in [0.25, 0.3) is 7.82 Å². The van der Waals surface area contributed by atoms with E-state index in [1.54, 1.807) is 0 Å². The SMILES string of the molecule is CCCCCCC/C=C\C/C=C\CCCCCCCCCCCCCCCCCCCCCCCC(=O)OC(COC(=O)CCCCCCCCCCCCCCCCCCCC)COP(=O)([O-])OCC[N+](C)(C)C. The molecule has 0 aromatic carbocycles. The first-order valence-electron chi connectivity index (χ1n) is 32.5. The number of hydrogen-bond donors (Lipinski definition) is 0. The third kappa shape index (κ3) is 61.6. The molecule has 0 spiro atoms. The summed E-state index contributed by atoms with van der Waals surface area (Å²) < 4.78 is 34.2. The Balaban J connectivity index is 3.98. The molecular weight excluding hydrogens is 954 g/mol. The second-order valence-electron chi connectivity index (χ2n) is 23.5. The van der Waals surface area contributed by atoms with Gasteiger partial charge < -0.3 is 27.9 Å². The fraction of sp³-hybridized carbons (Fsp3) is 0.908. The van der Waals surface area contributed by atoms with Crippen LogP contribution in [0.4, 0.5) is 0 Å². The highest BCUT2D eigenvalue weighted by molar-refractivity contribution is 7.45. The van der Waals surface area contributed by atoms with E-state index in [1.165, 1.54) is 257 Å². The molecule has 2 unspecified atom stereocenters. The maximum atomic E-state index is 12.8. The number of quaternary nitrogens is 1. The number of carbonyl (C=O) groups is 2. The summed E-state index contributed by atoms with van der Waals surface area (Å²) in [6.45, 7) is 4.29. The van der Waals surface area contributed by atoms with Crippen LogP contribution in [0.15, 0.2) is 24.3 Å². The Bertz CT molecular complexity index is 1320. The summed E-state index contributed by atoms with van der Waals surface area (Å²) >= 11 is 0. The van der Waals surface area contributed by atoms with Crippen molar-refractivity contribution in [2.75, 3.05) is 47.5 Å². The Labute approximate surface area is 466 Å². The molecule has 0 N–H and O–H groups in total. The number of hydrogen-bond acceptors (Lipinski definition) is 8. The highest BCUT2D eigenvalue weighted by atomic mass is 31.2. The average Bonchev–Trinajstić information content (AvgIpc) is 3.37. The molecule has 9 nitrogen and oxygen atoms in total. The van der Waals surface area contributed by atoms with Crippen molar-refractivity contribution in [1.82, 2.24) is 0 Å². The highest BCUT2D eigenvalue weighted by Crippen LogP contribution is 2.38. The smallest absolute Gasteiger partial charge is 0.306 e. The van der Waals surface area contributed by atoms with Crippen LogP contribution in [0.1, 0.15) is 328 Å². The van der Waals surface area contributed by atoms with Crippen LogP contribution in [0.5, 0.6) is 0 Å². The Kier molecular flexibility index (Phi) is 56.0. The van der Waals surface area contributed by atoms with Gasteiger partial charge in [0.2, 0.25) is 0 Å². The monoisotopic (exact) mass is 1080 g/mol. The molecule has 0 heterocycles. The largest absolute Gasteiger partial charge is 0.756 e. The number of likely N-dealkylation sites (N-methyl/N-ethyl adjacent to an activating group) is 1. The molecule has 10 heteroatoms. The van der Waals surface area contributed by atoms with Gasteiger partial charge in [-0.05, 0) is 44.9 Å². The molecule has 0 aromatic heterocycles. The Hall–Kier alpha value is -1.51. The summed E-state index contributed by atoms with van der Waals surface area (Å²) in [5.41, 5.74) is 0. The molecule has 0 radical (unpaired) electrons. The zero-order valence-corrected chi connectivity index (χ0v) is 51.4. The minimum atomic E-state index is -4.63. The lowest BCUT2D eigenvalue weighted by atomic mass is 10.0. The van der Waals surface area contributed by atoms with Crippen molar-refractivity contribution in [3.8, 4) is 0 Å². The maximum Gasteiger partial charge on any atom is 0.306 e. The molecule has 0 aliphatic rings. The predicted molar refractivity (Wildman–Crippen MR) is 319 cm³/mol. The molecular formula is C65H126NO8P. The predicted octanol–water partition coefficient (Wildman–Crippen LogP) is 19.9. The van der Waals surface area contributed by atoms with Crippen LogP contribution in [0.3, 0.4) is 0 Å². The number of rotatable bonds is 61. The quantitative estimate of drug-likeness (QED) is 0.0195. The van der Waals surface area contributed by atoms with Crippen LogP contribution >= 0.6 is 7.82 Å². The van der Waals surface area contributed by atoms with Gasteiger partial charge in [-0.1, -0.05) is 295 Å². The second kappa shape index (κ2) is 57.2. The van der Waals surface area contributed by atoms with E-state index >= 15 is 0 Å². The highest BCUT2D eigenvalue weighted by Gasteiger charge is 2.22. The van der Waals surface area contributed by atoms with Gasteiger partial charge in [0.15, 0.2) is 6.10 Å². The first-order valence-corrected chi connectivity index (χ1v) is 34.0. The lowest BCUT2D eigenvalue weighted by Crippen LogP contribution is -2.37. The standard InChI is InChI=1S/C65H126NO8P/c1-6-8-10-12-14-16-18-20-22-24-26-27-28-29-30-31-32-33-34-35-36-37-38-39-40-42-44-46-48-50-52-54-56-58-65(68)74-63(62-73-75(69,70)72-60-59-66(3,4)5)61-71-64(67)57-55-53-51-49-47-45-43-41-25-23-21-19-17-15-13-11-9-7-2/h18,20,24,26,63H,6-17,19,21-23,25,27-62H2,1-5H3/b20-18-,26-24-. The molecule has 2 atom stereocenters. The number of ether oxygens (including phenoxy) is 2. The summed E-state index contributed by atoms with van der Waals surface area (Å²) in [6.07, 6.45) is 69.6. The van der Waals surface area contributed by atoms with Crippen LogP contribution in [-0.2, 0) is 32.7 Å². The van der Waals surface area contributed by atoms with Crippen molar-refractivity contribution in [2.24, 2.45) is 0 Å². The molecule has 444 valence electrons. The summed E-state index contributed by atoms with van der Waals surface area (Å²) in [4.78, 5) is 37.9. The number of unbranched alkanes of at least 4 members (excludes halogenated alkanes) is 43. The first kappa shape index (κ1) is 73.5. The molecule has 0 saturated carbocycles. The summed E-state index contributed by atoms with van der Waals surface area (Å²) in [7, 11) is 1.19. The number of esters is 2. The average molecular weight is 1080 g/mol. The first-order chi connectivity index (χ1) is 36.5. The van der Waals surface area contributed by atoms with Crippen molar-refractivity contribution in [3.05, 3.63) is 24.3 Å². The van der Waals surface area contributed by atoms with Gasteiger partial charge in [0, 0.05) is 12.8 Å². The van der Waals surface area contributed by atoms with E-state index in [4.69, 9.17) is 18.5 Å². The summed E-state index contributed by atoms with van der Waals surface area (Å²) in [5, 5.41) is 0. The van der Waals surface area contributed by atoms with Gasteiger partial charge in [-0.2, -0.15) is 0 Å². The van der Waals surface area contributed by atoms with Gasteiger partial charge in [-0.15, -0.1) is 0 Å². The number of phosphoric acid groups is 1. The lowest BCUT2D eigenvalue weighted by Gasteiger charge is -2.28. The van der Waals surface area contributed by atoms with E-state index in [9.17, 15) is 19.0 Å². The second-order valence-corrected chi connectivity index (χ2v) is 24.9. The van der Waals surface area contributed by atoms with Gasteiger partial charge in [-0.25, -0.2) is 0 Å². The third-order valence-electron chi connectivity index (χ3n) is 14.7. The van der Waals surface area contributed by atoms with Crippen molar-refractivity contribution in [2.45, 2.75) is 335 Å². The molecule has 0 aliphatic heterocycles. The molecule has 0 rings (SSSR count). The maximum absolute atomic E-state index is 12.8. The topological polar surface area (TPSA) is 111 Å². The van der Waals surface area contributed by atoms with Crippen molar-refractivity contribution in [1.29, 1.82) is 0 Å². The van der Waals surface area contributed by atoms with Crippen molar-refractivity contribution in [3.63, 3.8) is 0 Å². The van der Waals surface area contributed by atoms with E-state index in [-0.39, 0.29) is 32.0 Å². The number of phosphoric ester groups is 1. The molecule has 0 bridgehead atoms. The minimum Gasteiger partial charge on any atom is -0.756 e. The van der Waals surface area contributed by atoms with Crippen LogP contribution in [-0.4, -0.2) is 70.0 Å². The van der Waals surface area contributed by atoms with E-state index in [2.05, 4.69) is 38.2 Å². The zero-order chi connectivity index (χ0) is 54.9. The molecule has 0 aliphatic carbocycles. The fourth-order valence-corrected chi connectivity index (χ4v) is 10.4. The fourth-order valence-electron chi connectivity index (χ4n) is 9.69. The molecule has 0 saturated heterocycles. The Morgan fingerprint density at radius 3 is 1.05 bits per heavy atom. The molecule has 0 fully saturated rings. The molecule has 75 heavy (non-hydrogen) atoms. The Morgan fingerprint density at radius 2 is 0.720 bits per heavy atom. The zero-order valence-electron chi connectivity index (χ0n) is 50.5. The van der Waals surface area contributed by atoms with Crippen molar-refractivity contribution >= 4 is 19.8 Å². The molecule has 0 amide bonds. The number of allylic oxidation sites excluding steroid dienone is 4. The van der Waals surface area contributed by atoms with Crippen LogP contribution < -0.4 is 4.89 Å². The normalized spacial score (nSPS) is 13.3.